The SMILES string of the molecule is COc1ccc(C)cc1N(C(N)=S)c1cc(C)ccc1OC. The molecule has 0 amide bonds. The third-order valence-electron chi connectivity index (χ3n) is 3.37. The van der Waals surface area contributed by atoms with Crippen molar-refractivity contribution in [1.82, 2.24) is 0 Å². The predicted molar refractivity (Wildman–Crippen MR) is 94.4 cm³/mol. The zero-order chi connectivity index (χ0) is 16.3. The van der Waals surface area contributed by atoms with Gasteiger partial charge in [-0.2, -0.15) is 0 Å². The van der Waals surface area contributed by atoms with Crippen LogP contribution in [0.3, 0.4) is 0 Å². The lowest BCUT2D eigenvalue weighted by atomic mass is 10.1. The average Bonchev–Trinajstić information content (AvgIpc) is 2.47. The molecule has 0 aliphatic carbocycles. The molecule has 0 saturated carbocycles. The largest absolute Gasteiger partial charge is 0.495 e. The topological polar surface area (TPSA) is 47.7 Å². The summed E-state index contributed by atoms with van der Waals surface area (Å²) in [6.45, 7) is 4.02. The maximum atomic E-state index is 5.99. The van der Waals surface area contributed by atoms with Gasteiger partial charge in [0.25, 0.3) is 0 Å². The van der Waals surface area contributed by atoms with Gasteiger partial charge in [0.1, 0.15) is 11.5 Å². The molecule has 0 unspecified atom stereocenters. The maximum absolute atomic E-state index is 5.99. The number of thiocarbonyl (C=S) groups is 1. The first-order valence-electron chi connectivity index (χ1n) is 6.86. The van der Waals surface area contributed by atoms with Crippen molar-refractivity contribution in [2.45, 2.75) is 13.8 Å². The second kappa shape index (κ2) is 6.66. The van der Waals surface area contributed by atoms with Crippen LogP contribution in [0.15, 0.2) is 36.4 Å². The minimum absolute atomic E-state index is 0.229. The van der Waals surface area contributed by atoms with E-state index >= 15 is 0 Å². The van der Waals surface area contributed by atoms with Crippen LogP contribution in [0.4, 0.5) is 11.4 Å². The van der Waals surface area contributed by atoms with Gasteiger partial charge in [0.05, 0.1) is 25.6 Å². The molecular formula is C17H20N2O2S. The lowest BCUT2D eigenvalue weighted by molar-refractivity contribution is 0.413. The summed E-state index contributed by atoms with van der Waals surface area (Å²) in [5.74, 6) is 1.39. The molecule has 2 rings (SSSR count). The predicted octanol–water partition coefficient (Wildman–Crippen LogP) is 3.70. The Morgan fingerprint density at radius 1 is 0.909 bits per heavy atom. The Hall–Kier alpha value is -2.27. The molecule has 0 bridgehead atoms. The fourth-order valence-corrected chi connectivity index (χ4v) is 2.51. The van der Waals surface area contributed by atoms with Crippen LogP contribution in [0.25, 0.3) is 0 Å². The number of anilines is 2. The Balaban J connectivity index is 2.69. The van der Waals surface area contributed by atoms with Crippen molar-refractivity contribution >= 4 is 28.7 Å². The standard InChI is InChI=1S/C17H20N2O2S/c1-11-5-7-15(20-3)13(9-11)19(17(18)22)14-10-12(2)6-8-16(14)21-4/h5-10H,1-4H3,(H2,18,22). The molecule has 4 nitrogen and oxygen atoms in total. The molecule has 2 N–H and O–H groups in total. The molecule has 5 heteroatoms. The number of nitrogens with two attached hydrogens (primary N) is 1. The fraction of sp³-hybridized carbons (Fsp3) is 0.235. The molecule has 0 atom stereocenters. The molecule has 0 aliphatic heterocycles. The molecule has 0 aromatic heterocycles. The Bertz CT molecular complexity index is 648. The van der Waals surface area contributed by atoms with Crippen LogP contribution < -0.4 is 20.1 Å². The van der Waals surface area contributed by atoms with E-state index in [9.17, 15) is 0 Å². The van der Waals surface area contributed by atoms with Gasteiger partial charge in [0.15, 0.2) is 5.11 Å². The number of rotatable bonds is 4. The lowest BCUT2D eigenvalue weighted by Crippen LogP contribution is -2.32. The van der Waals surface area contributed by atoms with Crippen LogP contribution >= 0.6 is 12.2 Å². The van der Waals surface area contributed by atoms with Crippen molar-refractivity contribution in [3.05, 3.63) is 47.5 Å². The molecule has 22 heavy (non-hydrogen) atoms. The number of nitrogens with zero attached hydrogens (tertiary/aromatic N) is 1. The van der Waals surface area contributed by atoms with Crippen molar-refractivity contribution in [3.63, 3.8) is 0 Å². The Labute approximate surface area is 136 Å². The van der Waals surface area contributed by atoms with E-state index < -0.39 is 0 Å². The minimum atomic E-state index is 0.229. The Kier molecular flexibility index (Phi) is 4.88. The molecule has 0 radical (unpaired) electrons. The number of methoxy groups -OCH3 is 2. The van der Waals surface area contributed by atoms with E-state index in [1.165, 1.54) is 0 Å². The average molecular weight is 316 g/mol. The Morgan fingerprint density at radius 2 is 1.32 bits per heavy atom. The zero-order valence-electron chi connectivity index (χ0n) is 13.2. The minimum Gasteiger partial charge on any atom is -0.495 e. The Morgan fingerprint density at radius 3 is 1.64 bits per heavy atom. The van der Waals surface area contributed by atoms with Crippen LogP contribution in [0.2, 0.25) is 0 Å². The summed E-state index contributed by atoms with van der Waals surface area (Å²) >= 11 is 5.28. The van der Waals surface area contributed by atoms with Gasteiger partial charge in [0.2, 0.25) is 0 Å². The van der Waals surface area contributed by atoms with Gasteiger partial charge in [0, 0.05) is 0 Å². The lowest BCUT2D eigenvalue weighted by Gasteiger charge is -2.27. The molecular weight excluding hydrogens is 296 g/mol. The first-order valence-corrected chi connectivity index (χ1v) is 7.27. The molecule has 0 saturated heterocycles. The molecule has 0 spiro atoms. The van der Waals surface area contributed by atoms with Crippen molar-refractivity contribution in [1.29, 1.82) is 0 Å². The van der Waals surface area contributed by atoms with E-state index in [2.05, 4.69) is 0 Å². The molecule has 2 aromatic rings. The van der Waals surface area contributed by atoms with Crippen LogP contribution in [-0.2, 0) is 0 Å². The highest BCUT2D eigenvalue weighted by Crippen LogP contribution is 2.39. The summed E-state index contributed by atoms with van der Waals surface area (Å²) in [6.07, 6.45) is 0. The van der Waals surface area contributed by atoms with Crippen LogP contribution in [0.1, 0.15) is 11.1 Å². The molecule has 2 aromatic carbocycles. The van der Waals surface area contributed by atoms with Gasteiger partial charge in [-0.25, -0.2) is 0 Å². The van der Waals surface area contributed by atoms with Crippen molar-refractivity contribution < 1.29 is 9.47 Å². The summed E-state index contributed by atoms with van der Waals surface area (Å²) in [5.41, 5.74) is 9.75. The summed E-state index contributed by atoms with van der Waals surface area (Å²) in [7, 11) is 3.25. The zero-order valence-corrected chi connectivity index (χ0v) is 14.0. The first kappa shape index (κ1) is 16.1. The van der Waals surface area contributed by atoms with Gasteiger partial charge in [-0.1, -0.05) is 12.1 Å². The highest BCUT2D eigenvalue weighted by atomic mass is 32.1. The summed E-state index contributed by atoms with van der Waals surface area (Å²) < 4.78 is 10.9. The highest BCUT2D eigenvalue weighted by molar-refractivity contribution is 7.80. The number of ether oxygens (including phenoxy) is 2. The smallest absolute Gasteiger partial charge is 0.175 e. The fourth-order valence-electron chi connectivity index (χ4n) is 2.32. The maximum Gasteiger partial charge on any atom is 0.175 e. The summed E-state index contributed by atoms with van der Waals surface area (Å²) in [6, 6.07) is 11.7. The third kappa shape index (κ3) is 3.14. The number of benzene rings is 2. The first-order chi connectivity index (χ1) is 10.5. The molecule has 0 heterocycles. The molecule has 116 valence electrons. The number of hydrogen-bond donors (Lipinski definition) is 1. The van der Waals surface area contributed by atoms with Gasteiger partial charge < -0.3 is 15.2 Å². The van der Waals surface area contributed by atoms with Crippen LogP contribution in [0, 0.1) is 13.8 Å². The summed E-state index contributed by atoms with van der Waals surface area (Å²) in [4.78, 5) is 1.77. The van der Waals surface area contributed by atoms with E-state index in [1.807, 2.05) is 50.2 Å². The molecule has 0 fully saturated rings. The monoisotopic (exact) mass is 316 g/mol. The third-order valence-corrected chi connectivity index (χ3v) is 3.55. The van der Waals surface area contributed by atoms with Crippen molar-refractivity contribution in [2.75, 3.05) is 19.1 Å². The second-order valence-corrected chi connectivity index (χ2v) is 5.44. The van der Waals surface area contributed by atoms with Crippen molar-refractivity contribution in [2.24, 2.45) is 5.73 Å². The number of aryl methyl sites for hydroxylation is 2. The highest BCUT2D eigenvalue weighted by Gasteiger charge is 2.20. The van der Waals surface area contributed by atoms with Gasteiger partial charge >= 0.3 is 0 Å². The quantitative estimate of drug-likeness (QED) is 0.872. The number of hydrogen-bond acceptors (Lipinski definition) is 3. The summed E-state index contributed by atoms with van der Waals surface area (Å²) in [5, 5.41) is 0.229. The van der Waals surface area contributed by atoms with E-state index in [4.69, 9.17) is 27.4 Å². The molecule has 0 aliphatic rings. The van der Waals surface area contributed by atoms with E-state index in [-0.39, 0.29) is 5.11 Å². The van der Waals surface area contributed by atoms with Crippen LogP contribution in [0.5, 0.6) is 11.5 Å². The van der Waals surface area contributed by atoms with Crippen LogP contribution in [-0.4, -0.2) is 19.3 Å². The van der Waals surface area contributed by atoms with Gasteiger partial charge in [-0.15, -0.1) is 0 Å². The van der Waals surface area contributed by atoms with Gasteiger partial charge in [-0.3, -0.25) is 4.90 Å². The van der Waals surface area contributed by atoms with Gasteiger partial charge in [-0.05, 0) is 61.5 Å². The van der Waals surface area contributed by atoms with Crippen molar-refractivity contribution in [3.8, 4) is 11.5 Å². The van der Waals surface area contributed by atoms with E-state index in [0.29, 0.717) is 11.5 Å². The van der Waals surface area contributed by atoms with E-state index in [0.717, 1.165) is 22.5 Å². The normalized spacial score (nSPS) is 10.2. The van der Waals surface area contributed by atoms with E-state index in [1.54, 1.807) is 19.1 Å². The second-order valence-electron chi connectivity index (χ2n) is 5.02.